The first-order valence-corrected chi connectivity index (χ1v) is 10.5. The Morgan fingerprint density at radius 3 is 2.41 bits per heavy atom. The summed E-state index contributed by atoms with van der Waals surface area (Å²) < 4.78 is 10.0. The predicted octanol–water partition coefficient (Wildman–Crippen LogP) is 3.67. The number of hydrogen-bond acceptors (Lipinski definition) is 4. The molecule has 0 aliphatic heterocycles. The molecule has 22 heavy (non-hydrogen) atoms. The van der Waals surface area contributed by atoms with E-state index < -0.39 is 21.4 Å². The Kier molecular flexibility index (Phi) is 8.19. The van der Waals surface area contributed by atoms with Gasteiger partial charge >= 0.3 is 147 Å². The summed E-state index contributed by atoms with van der Waals surface area (Å²) >= 11 is 2.11. The molecule has 0 fully saturated rings. The average Bonchev–Trinajstić information content (AvgIpc) is 2.43. The van der Waals surface area contributed by atoms with Crippen LogP contribution in [-0.4, -0.2) is 37.4 Å². The van der Waals surface area contributed by atoms with E-state index in [0.29, 0.717) is 11.8 Å². The van der Waals surface area contributed by atoms with Gasteiger partial charge in [-0.2, -0.15) is 0 Å². The molecular weight excluding hydrogens is 411 g/mol. The van der Waals surface area contributed by atoms with E-state index in [9.17, 15) is 9.59 Å². The van der Waals surface area contributed by atoms with Crippen LogP contribution in [0.15, 0.2) is 30.3 Å². The molecule has 122 valence electrons. The molecule has 0 saturated heterocycles. The third-order valence-electron chi connectivity index (χ3n) is 2.60. The average molecular weight is 433 g/mol. The van der Waals surface area contributed by atoms with Crippen LogP contribution in [0.1, 0.15) is 32.8 Å². The van der Waals surface area contributed by atoms with Gasteiger partial charge in [-0.3, -0.25) is 0 Å². The molecule has 0 amide bonds. The van der Waals surface area contributed by atoms with Crippen molar-refractivity contribution in [2.24, 2.45) is 0 Å². The van der Waals surface area contributed by atoms with Gasteiger partial charge in [0.15, 0.2) is 0 Å². The van der Waals surface area contributed by atoms with Crippen LogP contribution in [0.3, 0.4) is 0 Å². The van der Waals surface area contributed by atoms with Crippen molar-refractivity contribution in [2.45, 2.75) is 44.1 Å². The zero-order valence-electron chi connectivity index (χ0n) is 13.1. The summed E-state index contributed by atoms with van der Waals surface area (Å²) in [6, 6.07) is 9.50. The minimum atomic E-state index is -1.22. The van der Waals surface area contributed by atoms with Gasteiger partial charge in [-0.25, -0.2) is 0 Å². The van der Waals surface area contributed by atoms with E-state index in [1.807, 2.05) is 51.1 Å². The Hall–Kier alpha value is -0.802. The number of carbonyl (C=O) groups is 2. The number of halogens is 1. The van der Waals surface area contributed by atoms with E-state index >= 15 is 0 Å². The van der Waals surface area contributed by atoms with Crippen LogP contribution in [0.2, 0.25) is 4.71 Å². The molecule has 0 heterocycles. The van der Waals surface area contributed by atoms with Gasteiger partial charge in [-0.15, -0.1) is 0 Å². The number of alkyl halides is 1. The van der Waals surface area contributed by atoms with Crippen LogP contribution in [0, 0.1) is 0 Å². The molecule has 2 atom stereocenters. The number of hydrogen-bond donors (Lipinski definition) is 0. The number of rotatable bonds is 7. The number of benzene rings is 1. The van der Waals surface area contributed by atoms with E-state index in [2.05, 4.69) is 15.9 Å². The molecule has 2 unspecified atom stereocenters. The van der Waals surface area contributed by atoms with Crippen molar-refractivity contribution in [1.82, 2.24) is 0 Å². The molecule has 1 aromatic rings. The summed E-state index contributed by atoms with van der Waals surface area (Å²) in [4.78, 5) is 24.1. The third kappa shape index (κ3) is 8.00. The fourth-order valence-corrected chi connectivity index (χ4v) is 5.37. The predicted molar refractivity (Wildman–Crippen MR) is 91.8 cm³/mol. The molecule has 0 aliphatic rings. The molecule has 0 spiro atoms. The van der Waals surface area contributed by atoms with Crippen LogP contribution in [0.25, 0.3) is 0 Å². The van der Waals surface area contributed by atoms with Crippen LogP contribution in [0.5, 0.6) is 0 Å². The monoisotopic (exact) mass is 432 g/mol. The molecule has 0 saturated carbocycles. The first kappa shape index (κ1) is 19.2. The standard InChI is InChI=1S/C16H22AsBrO4/c1-16(2,3)22-15(20)17-13(9-10-18)14(19)21-11-12-7-5-4-6-8-12/h4-8,13,17H,9-11H2,1-3H3. The van der Waals surface area contributed by atoms with E-state index in [1.54, 1.807) is 0 Å². The number of esters is 1. The van der Waals surface area contributed by atoms with Gasteiger partial charge in [0.2, 0.25) is 0 Å². The minimum absolute atomic E-state index is 0.235. The van der Waals surface area contributed by atoms with Crippen molar-refractivity contribution < 1.29 is 19.1 Å². The first-order valence-electron chi connectivity index (χ1n) is 7.08. The molecule has 1 rings (SSSR count). The molecular formula is C16H22AsBrO4. The van der Waals surface area contributed by atoms with Crippen molar-refractivity contribution >= 4 is 42.4 Å². The number of carbonyl (C=O) groups excluding carboxylic acids is 2. The second kappa shape index (κ2) is 9.36. The van der Waals surface area contributed by atoms with Gasteiger partial charge in [-0.1, -0.05) is 0 Å². The maximum absolute atomic E-state index is 12.2. The Labute approximate surface area is 146 Å². The molecule has 0 aromatic heterocycles. The van der Waals surface area contributed by atoms with Crippen molar-refractivity contribution in [2.75, 3.05) is 5.33 Å². The van der Waals surface area contributed by atoms with E-state index in [4.69, 9.17) is 9.47 Å². The Bertz CT molecular complexity index is 485. The Balaban J connectivity index is 2.54. The van der Waals surface area contributed by atoms with Gasteiger partial charge in [0.1, 0.15) is 0 Å². The van der Waals surface area contributed by atoms with Gasteiger partial charge in [-0.05, 0) is 0 Å². The van der Waals surface area contributed by atoms with E-state index in [-0.39, 0.29) is 22.0 Å². The summed E-state index contributed by atoms with van der Waals surface area (Å²) in [5, 5.41) is 0.657. The van der Waals surface area contributed by atoms with Crippen LogP contribution in [0.4, 0.5) is 4.79 Å². The molecule has 4 nitrogen and oxygen atoms in total. The van der Waals surface area contributed by atoms with Crippen LogP contribution in [-0.2, 0) is 20.9 Å². The van der Waals surface area contributed by atoms with E-state index in [0.717, 1.165) is 5.56 Å². The molecule has 0 bridgehead atoms. The van der Waals surface area contributed by atoms with E-state index in [1.165, 1.54) is 0 Å². The normalized spacial score (nSPS) is 13.1. The quantitative estimate of drug-likeness (QED) is 0.374. The zero-order chi connectivity index (χ0) is 16.6. The second-order valence-corrected chi connectivity index (χ2v) is 9.49. The summed E-state index contributed by atoms with van der Waals surface area (Å²) in [7, 11) is 0. The maximum atomic E-state index is 12.2. The van der Waals surface area contributed by atoms with Crippen molar-refractivity contribution in [3.05, 3.63) is 35.9 Å². The first-order chi connectivity index (χ1) is 10.3. The van der Waals surface area contributed by atoms with Crippen LogP contribution < -0.4 is 0 Å². The molecule has 0 aliphatic carbocycles. The fraction of sp³-hybridized carbons (Fsp3) is 0.500. The van der Waals surface area contributed by atoms with Crippen molar-refractivity contribution in [3.63, 3.8) is 0 Å². The van der Waals surface area contributed by atoms with Crippen LogP contribution >= 0.6 is 15.9 Å². The van der Waals surface area contributed by atoms with Crippen molar-refractivity contribution in [3.8, 4) is 0 Å². The molecule has 0 N–H and O–H groups in total. The summed E-state index contributed by atoms with van der Waals surface area (Å²) in [5.74, 6) is -0.311. The molecule has 0 radical (unpaired) electrons. The Morgan fingerprint density at radius 2 is 1.86 bits per heavy atom. The fourth-order valence-electron chi connectivity index (χ4n) is 1.64. The Morgan fingerprint density at radius 1 is 1.23 bits per heavy atom. The topological polar surface area (TPSA) is 52.6 Å². The zero-order valence-corrected chi connectivity index (χ0v) is 16.8. The SMILES string of the molecule is CC(C)(C)OC(=O)[AsH]C(CCBr)C(=O)OCc1ccccc1. The summed E-state index contributed by atoms with van der Waals surface area (Å²) in [6.07, 6.45) is 0.590. The van der Waals surface area contributed by atoms with Gasteiger partial charge in [0.05, 0.1) is 0 Å². The molecule has 1 aromatic carbocycles. The van der Waals surface area contributed by atoms with Gasteiger partial charge in [0, 0.05) is 0 Å². The third-order valence-corrected chi connectivity index (χ3v) is 5.59. The van der Waals surface area contributed by atoms with Gasteiger partial charge in [0.25, 0.3) is 0 Å². The second-order valence-electron chi connectivity index (χ2n) is 5.77. The number of ether oxygens (including phenoxy) is 2. The van der Waals surface area contributed by atoms with Crippen molar-refractivity contribution in [1.29, 1.82) is 0 Å². The van der Waals surface area contributed by atoms with Gasteiger partial charge < -0.3 is 0 Å². The summed E-state index contributed by atoms with van der Waals surface area (Å²) in [5.41, 5.74) is 0.415. The molecule has 6 heteroatoms. The summed E-state index contributed by atoms with van der Waals surface area (Å²) in [6.45, 7) is 5.71.